The number of hydrogen-bond donors (Lipinski definition) is 1. The third-order valence-corrected chi connectivity index (χ3v) is 7.71. The van der Waals surface area contributed by atoms with E-state index in [2.05, 4.69) is 12.2 Å². The van der Waals surface area contributed by atoms with Crippen LogP contribution >= 0.6 is 23.2 Å². The third-order valence-electron chi connectivity index (χ3n) is 5.00. The second-order valence-electron chi connectivity index (χ2n) is 7.00. The molecular weight excluding hydrogens is 435 g/mol. The van der Waals surface area contributed by atoms with Crippen molar-refractivity contribution in [1.29, 1.82) is 0 Å². The number of ether oxygens (including phenoxy) is 1. The summed E-state index contributed by atoms with van der Waals surface area (Å²) in [6.07, 6.45) is 1.63. The minimum absolute atomic E-state index is 0.0511. The van der Waals surface area contributed by atoms with Gasteiger partial charge in [-0.05, 0) is 49.1 Å². The number of carbonyl (C=O) groups excluding carboxylic acids is 1. The average molecular weight is 457 g/mol. The molecule has 0 saturated carbocycles. The fraction of sp³-hybridized carbons (Fsp3) is 0.350. The molecule has 0 spiro atoms. The van der Waals surface area contributed by atoms with Gasteiger partial charge in [-0.1, -0.05) is 36.2 Å². The Labute approximate surface area is 180 Å². The quantitative estimate of drug-likeness (QED) is 0.708. The van der Waals surface area contributed by atoms with Crippen molar-refractivity contribution >= 4 is 44.8 Å². The number of sulfonamides is 1. The zero-order valence-corrected chi connectivity index (χ0v) is 18.4. The molecule has 0 atom stereocenters. The molecule has 1 N–H and O–H groups in total. The molecule has 1 aliphatic rings. The van der Waals surface area contributed by atoms with Crippen molar-refractivity contribution in [2.24, 2.45) is 5.92 Å². The van der Waals surface area contributed by atoms with Gasteiger partial charge < -0.3 is 10.1 Å². The Morgan fingerprint density at radius 1 is 1.17 bits per heavy atom. The first-order valence-corrected chi connectivity index (χ1v) is 11.4. The Balaban J connectivity index is 1.92. The van der Waals surface area contributed by atoms with E-state index in [-0.39, 0.29) is 21.2 Å². The first-order chi connectivity index (χ1) is 13.7. The zero-order chi connectivity index (χ0) is 21.2. The van der Waals surface area contributed by atoms with Crippen LogP contribution in [0, 0.1) is 5.92 Å². The van der Waals surface area contributed by atoms with Crippen LogP contribution in [0.5, 0.6) is 5.75 Å². The van der Waals surface area contributed by atoms with Crippen molar-refractivity contribution in [2.75, 3.05) is 25.5 Å². The summed E-state index contributed by atoms with van der Waals surface area (Å²) < 4.78 is 32.8. The Morgan fingerprint density at radius 3 is 2.52 bits per heavy atom. The lowest BCUT2D eigenvalue weighted by Crippen LogP contribution is -2.37. The van der Waals surface area contributed by atoms with E-state index < -0.39 is 15.9 Å². The van der Waals surface area contributed by atoms with Crippen LogP contribution in [0.1, 0.15) is 30.1 Å². The van der Waals surface area contributed by atoms with Gasteiger partial charge in [-0.15, -0.1) is 0 Å². The summed E-state index contributed by atoms with van der Waals surface area (Å²) in [5.74, 6) is 0.211. The number of piperidine rings is 1. The maximum atomic E-state index is 13.0. The molecule has 1 heterocycles. The van der Waals surface area contributed by atoms with Crippen molar-refractivity contribution in [1.82, 2.24) is 4.31 Å². The summed E-state index contributed by atoms with van der Waals surface area (Å²) in [6, 6.07) is 9.13. The summed E-state index contributed by atoms with van der Waals surface area (Å²) >= 11 is 12.1. The highest BCUT2D eigenvalue weighted by molar-refractivity contribution is 7.89. The van der Waals surface area contributed by atoms with E-state index in [1.165, 1.54) is 29.6 Å². The molecule has 0 aromatic heterocycles. The summed E-state index contributed by atoms with van der Waals surface area (Å²) in [6.45, 7) is 3.05. The number of anilines is 1. The highest BCUT2D eigenvalue weighted by atomic mass is 35.5. The molecule has 0 unspecified atom stereocenters. The lowest BCUT2D eigenvalue weighted by molar-refractivity contribution is 0.102. The fourth-order valence-corrected chi connectivity index (χ4v) is 5.03. The van der Waals surface area contributed by atoms with Crippen LogP contribution < -0.4 is 10.1 Å². The van der Waals surface area contributed by atoms with Gasteiger partial charge in [0.1, 0.15) is 5.75 Å². The highest BCUT2D eigenvalue weighted by Gasteiger charge is 2.29. The summed E-state index contributed by atoms with van der Waals surface area (Å²) in [7, 11) is -2.29. The van der Waals surface area contributed by atoms with E-state index >= 15 is 0 Å². The van der Waals surface area contributed by atoms with Crippen LogP contribution in [-0.4, -0.2) is 38.8 Å². The molecule has 0 aliphatic carbocycles. The molecule has 9 heteroatoms. The molecule has 6 nitrogen and oxygen atoms in total. The SMILES string of the molecule is COc1ccc(S(=O)(=O)N2CCC(C)CC2)cc1C(=O)Nc1cccc(Cl)c1Cl. The Morgan fingerprint density at radius 2 is 1.86 bits per heavy atom. The van der Waals surface area contributed by atoms with Crippen LogP contribution in [-0.2, 0) is 10.0 Å². The van der Waals surface area contributed by atoms with Crippen LogP contribution in [0.4, 0.5) is 5.69 Å². The van der Waals surface area contributed by atoms with E-state index in [0.717, 1.165) is 12.8 Å². The molecule has 1 saturated heterocycles. The molecule has 1 aliphatic heterocycles. The molecule has 2 aromatic carbocycles. The maximum Gasteiger partial charge on any atom is 0.259 e. The van der Waals surface area contributed by atoms with Gasteiger partial charge in [-0.25, -0.2) is 8.42 Å². The first kappa shape index (κ1) is 21.9. The molecule has 3 rings (SSSR count). The zero-order valence-electron chi connectivity index (χ0n) is 16.1. The molecule has 2 aromatic rings. The number of nitrogens with one attached hydrogen (secondary N) is 1. The summed E-state index contributed by atoms with van der Waals surface area (Å²) in [5.41, 5.74) is 0.416. The predicted octanol–water partition coefficient (Wildman–Crippen LogP) is 4.67. The van der Waals surface area contributed by atoms with Gasteiger partial charge in [-0.3, -0.25) is 4.79 Å². The third kappa shape index (κ3) is 4.69. The van der Waals surface area contributed by atoms with Gasteiger partial charge in [0.25, 0.3) is 5.91 Å². The lowest BCUT2D eigenvalue weighted by Gasteiger charge is -2.29. The van der Waals surface area contributed by atoms with E-state index in [9.17, 15) is 13.2 Å². The van der Waals surface area contributed by atoms with Crippen molar-refractivity contribution in [3.05, 3.63) is 52.0 Å². The molecule has 156 valence electrons. The van der Waals surface area contributed by atoms with Crippen LogP contribution in [0.25, 0.3) is 0 Å². The van der Waals surface area contributed by atoms with Gasteiger partial charge in [0, 0.05) is 13.1 Å². The molecule has 0 bridgehead atoms. The second-order valence-corrected chi connectivity index (χ2v) is 9.73. The number of rotatable bonds is 5. The van der Waals surface area contributed by atoms with E-state index in [4.69, 9.17) is 27.9 Å². The molecule has 1 amide bonds. The maximum absolute atomic E-state index is 13.0. The first-order valence-electron chi connectivity index (χ1n) is 9.17. The van der Waals surface area contributed by atoms with Gasteiger partial charge in [0.05, 0.1) is 33.3 Å². The molecule has 29 heavy (non-hydrogen) atoms. The van der Waals surface area contributed by atoms with Gasteiger partial charge in [0.15, 0.2) is 0 Å². The van der Waals surface area contributed by atoms with Gasteiger partial charge >= 0.3 is 0 Å². The fourth-order valence-electron chi connectivity index (χ4n) is 3.19. The molecule has 1 fully saturated rings. The number of benzene rings is 2. The number of amides is 1. The smallest absolute Gasteiger partial charge is 0.259 e. The number of nitrogens with zero attached hydrogens (tertiary/aromatic N) is 1. The van der Waals surface area contributed by atoms with Crippen molar-refractivity contribution < 1.29 is 17.9 Å². The molecule has 0 radical (unpaired) electrons. The summed E-state index contributed by atoms with van der Waals surface area (Å²) in [4.78, 5) is 12.9. The predicted molar refractivity (Wildman–Crippen MR) is 115 cm³/mol. The van der Waals surface area contributed by atoms with Gasteiger partial charge in [0.2, 0.25) is 10.0 Å². The standard InChI is InChI=1S/C20H22Cl2N2O4S/c1-13-8-10-24(11-9-13)29(26,27)14-6-7-18(28-2)15(12-14)20(25)23-17-5-3-4-16(21)19(17)22/h3-7,12-13H,8-11H2,1-2H3,(H,23,25). The Bertz CT molecular complexity index is 1020. The van der Waals surface area contributed by atoms with E-state index in [0.29, 0.717) is 29.7 Å². The topological polar surface area (TPSA) is 75.7 Å². The number of carbonyl (C=O) groups is 1. The van der Waals surface area contributed by atoms with Crippen LogP contribution in [0.3, 0.4) is 0 Å². The molecular formula is C20H22Cl2N2O4S. The van der Waals surface area contributed by atoms with Gasteiger partial charge in [-0.2, -0.15) is 4.31 Å². The number of methoxy groups -OCH3 is 1. The number of halogens is 2. The van der Waals surface area contributed by atoms with Crippen molar-refractivity contribution in [3.8, 4) is 5.75 Å². The number of hydrogen-bond acceptors (Lipinski definition) is 4. The van der Waals surface area contributed by atoms with Crippen molar-refractivity contribution in [3.63, 3.8) is 0 Å². The van der Waals surface area contributed by atoms with Crippen molar-refractivity contribution in [2.45, 2.75) is 24.7 Å². The van der Waals surface area contributed by atoms with Crippen LogP contribution in [0.2, 0.25) is 10.0 Å². The minimum atomic E-state index is -3.70. The lowest BCUT2D eigenvalue weighted by atomic mass is 10.0. The van der Waals surface area contributed by atoms with E-state index in [1.54, 1.807) is 18.2 Å². The minimum Gasteiger partial charge on any atom is -0.496 e. The second kappa shape index (κ2) is 8.92. The Hall–Kier alpha value is -1.80. The normalized spacial score (nSPS) is 15.9. The highest BCUT2D eigenvalue weighted by Crippen LogP contribution is 2.32. The summed E-state index contributed by atoms with van der Waals surface area (Å²) in [5, 5.41) is 3.16. The average Bonchev–Trinajstić information content (AvgIpc) is 2.71. The Kier molecular flexibility index (Phi) is 6.73. The monoisotopic (exact) mass is 456 g/mol. The van der Waals surface area contributed by atoms with E-state index in [1.807, 2.05) is 0 Å². The largest absolute Gasteiger partial charge is 0.496 e. The van der Waals surface area contributed by atoms with Crippen LogP contribution in [0.15, 0.2) is 41.3 Å².